The Bertz CT molecular complexity index is 2870. The highest BCUT2D eigenvalue weighted by atomic mass is 16.6. The second kappa shape index (κ2) is 29.7. The Morgan fingerprint density at radius 1 is 0.337 bits per heavy atom. The van der Waals surface area contributed by atoms with Crippen molar-refractivity contribution in [2.24, 2.45) is 21.7 Å². The topological polar surface area (TPSA) is 106 Å². The Labute approximate surface area is 522 Å². The summed E-state index contributed by atoms with van der Waals surface area (Å²) in [6.07, 6.45) is 64.7. The third kappa shape index (κ3) is 19.3. The molecule has 8 atom stereocenters. The maximum Gasteiger partial charge on any atom is 0.121 e. The predicted octanol–water partition coefficient (Wildman–Crippen LogP) is 19.5. The Balaban J connectivity index is 0.000000314. The molecule has 0 aromatic rings. The fraction of sp³-hybridized carbons (Fsp3) is 0.500. The number of aliphatic hydroxyl groups excluding tert-OH is 4. The third-order valence-corrected chi connectivity index (χ3v) is 18.7. The fourth-order valence-electron chi connectivity index (χ4n) is 14.1. The Morgan fingerprint density at radius 2 is 0.593 bits per heavy atom. The van der Waals surface area contributed by atoms with Crippen molar-refractivity contribution in [3.63, 3.8) is 0 Å². The number of ether oxygens (including phenoxy) is 2. The van der Waals surface area contributed by atoms with E-state index in [1.165, 1.54) is 66.9 Å². The molecule has 6 nitrogen and oxygen atoms in total. The van der Waals surface area contributed by atoms with Crippen molar-refractivity contribution in [1.82, 2.24) is 0 Å². The fourth-order valence-corrected chi connectivity index (χ4v) is 14.1. The summed E-state index contributed by atoms with van der Waals surface area (Å²) >= 11 is 0. The van der Waals surface area contributed by atoms with Crippen LogP contribution in [0.5, 0.6) is 0 Å². The average molecular weight is 1170 g/mol. The quantitative estimate of drug-likeness (QED) is 0.0715. The Kier molecular flexibility index (Phi) is 24.6. The molecule has 0 spiro atoms. The number of rotatable bonds is 20. The van der Waals surface area contributed by atoms with Gasteiger partial charge in [-0.05, 0) is 156 Å². The second-order valence-corrected chi connectivity index (χ2v) is 29.1. The summed E-state index contributed by atoms with van der Waals surface area (Å²) in [7, 11) is 0. The normalized spacial score (nSPS) is 32.3. The summed E-state index contributed by atoms with van der Waals surface area (Å²) in [5, 5.41) is 40.7. The molecule has 2 saturated heterocycles. The molecule has 6 aliphatic rings. The Morgan fingerprint density at radius 3 is 0.860 bits per heavy atom. The Hall–Kier alpha value is -5.44. The van der Waals surface area contributed by atoms with Gasteiger partial charge in [0, 0.05) is 23.7 Å². The molecule has 4 aliphatic carbocycles. The van der Waals surface area contributed by atoms with E-state index in [0.717, 1.165) is 38.5 Å². The minimum absolute atomic E-state index is 0.00547. The summed E-state index contributed by atoms with van der Waals surface area (Å²) in [4.78, 5) is 0. The van der Waals surface area contributed by atoms with Gasteiger partial charge in [-0.25, -0.2) is 0 Å². The van der Waals surface area contributed by atoms with Gasteiger partial charge < -0.3 is 29.9 Å². The maximum absolute atomic E-state index is 10.3. The molecule has 0 unspecified atom stereocenters. The monoisotopic (exact) mass is 1170 g/mol. The molecule has 0 radical (unpaired) electrons. The molecule has 0 bridgehead atoms. The summed E-state index contributed by atoms with van der Waals surface area (Å²) in [6.45, 7) is 43.0. The zero-order valence-electron chi connectivity index (χ0n) is 56.7. The van der Waals surface area contributed by atoms with Crippen LogP contribution in [0.3, 0.4) is 0 Å². The molecule has 0 aromatic heterocycles. The molecule has 468 valence electrons. The van der Waals surface area contributed by atoms with E-state index in [-0.39, 0.29) is 68.5 Å². The second-order valence-electron chi connectivity index (χ2n) is 29.1. The van der Waals surface area contributed by atoms with Crippen LogP contribution >= 0.6 is 0 Å². The zero-order chi connectivity index (χ0) is 64.1. The van der Waals surface area contributed by atoms with Crippen LogP contribution in [0.4, 0.5) is 0 Å². The molecular weight excluding hydrogens is 1060 g/mol. The van der Waals surface area contributed by atoms with Crippen LogP contribution in [0, 0.1) is 21.7 Å². The van der Waals surface area contributed by atoms with E-state index in [1.54, 1.807) is 0 Å². The van der Waals surface area contributed by atoms with Crippen molar-refractivity contribution in [3.05, 3.63) is 237 Å². The first-order valence-electron chi connectivity index (χ1n) is 31.7. The number of fused-ring (bicyclic) bond motifs is 2. The van der Waals surface area contributed by atoms with Gasteiger partial charge in [-0.3, -0.25) is 0 Å². The first kappa shape index (κ1) is 71.3. The number of hydrogen-bond donors (Lipinski definition) is 4. The van der Waals surface area contributed by atoms with E-state index in [1.807, 2.05) is 0 Å². The lowest BCUT2D eigenvalue weighted by Crippen LogP contribution is -2.46. The number of aliphatic hydroxyl groups is 4. The summed E-state index contributed by atoms with van der Waals surface area (Å²) in [5.74, 6) is 0. The number of allylic oxidation sites excluding steroid dienone is 36. The molecular formula is C80H112O6. The van der Waals surface area contributed by atoms with E-state index >= 15 is 0 Å². The minimum atomic E-state index is -0.294. The van der Waals surface area contributed by atoms with Crippen LogP contribution in [-0.2, 0) is 9.47 Å². The molecule has 2 saturated carbocycles. The van der Waals surface area contributed by atoms with Crippen molar-refractivity contribution < 1.29 is 29.9 Å². The molecule has 86 heavy (non-hydrogen) atoms. The molecule has 0 aromatic carbocycles. The van der Waals surface area contributed by atoms with Gasteiger partial charge in [0.2, 0.25) is 0 Å². The van der Waals surface area contributed by atoms with Crippen molar-refractivity contribution in [2.75, 3.05) is 0 Å². The number of epoxide rings is 2. The van der Waals surface area contributed by atoms with Gasteiger partial charge >= 0.3 is 0 Å². The van der Waals surface area contributed by atoms with Crippen LogP contribution in [0.15, 0.2) is 237 Å². The van der Waals surface area contributed by atoms with Gasteiger partial charge in [-0.15, -0.1) is 0 Å². The molecule has 6 rings (SSSR count). The lowest BCUT2D eigenvalue weighted by molar-refractivity contribution is 0.0510. The van der Waals surface area contributed by atoms with Crippen molar-refractivity contribution in [2.45, 2.75) is 237 Å². The standard InChI is InChI=1S/C40H56O4.C40H56O2/c1-29(17-13-19-31(3)21-23-39-35(5,6)25-33(41)27-37(39,9)43-39)15-11-12-16-30(2)18-14-20-32(4)22-24-40-36(7,8)26-34(42)28-38(40,10)44-40;1-29(17-13-19-31(3)21-23-37-33(5)25-35(41)27-39(37,7)8)15-11-12-16-30(2)18-14-20-32(4)22-24-38-34(6)26-36(42)28-40(38,9)10/h11-24,33-34,41-42H,25-28H2,1-10H3;11-24,35-36,41-42H,25-28H2,1-10H3/b2*12-11+,17-13+,18-14+,23-21+,24-22+,29-15+,30-16+,31-19+,32-20+/t33-,34-,37+,38+,39-,40-;35-,36-/m01/s1. The van der Waals surface area contributed by atoms with Gasteiger partial charge in [0.15, 0.2) is 0 Å². The van der Waals surface area contributed by atoms with Gasteiger partial charge in [0.05, 0.1) is 24.4 Å². The molecule has 2 heterocycles. The highest BCUT2D eigenvalue weighted by Gasteiger charge is 2.75. The lowest BCUT2D eigenvalue weighted by atomic mass is 9.63. The van der Waals surface area contributed by atoms with Crippen LogP contribution in [0.1, 0.15) is 190 Å². The molecule has 4 fully saturated rings. The lowest BCUT2D eigenvalue weighted by Gasteiger charge is -2.39. The number of hydrogen-bond acceptors (Lipinski definition) is 6. The van der Waals surface area contributed by atoms with E-state index in [9.17, 15) is 20.4 Å². The smallest absolute Gasteiger partial charge is 0.121 e. The van der Waals surface area contributed by atoms with Gasteiger partial charge in [-0.2, -0.15) is 0 Å². The van der Waals surface area contributed by atoms with Crippen LogP contribution in [0.2, 0.25) is 0 Å². The van der Waals surface area contributed by atoms with Crippen molar-refractivity contribution in [1.29, 1.82) is 0 Å². The van der Waals surface area contributed by atoms with Crippen LogP contribution < -0.4 is 0 Å². The van der Waals surface area contributed by atoms with E-state index < -0.39 is 0 Å². The van der Waals surface area contributed by atoms with Crippen LogP contribution in [-0.4, -0.2) is 67.2 Å². The third-order valence-electron chi connectivity index (χ3n) is 18.7. The predicted molar refractivity (Wildman–Crippen MR) is 367 cm³/mol. The van der Waals surface area contributed by atoms with Crippen LogP contribution in [0.25, 0.3) is 0 Å². The highest BCUT2D eigenvalue weighted by molar-refractivity contribution is 5.42. The van der Waals surface area contributed by atoms with E-state index in [0.29, 0.717) is 12.8 Å². The van der Waals surface area contributed by atoms with Gasteiger partial charge in [0.1, 0.15) is 22.4 Å². The summed E-state index contributed by atoms with van der Waals surface area (Å²) < 4.78 is 12.5. The SMILES string of the molecule is CC(/C=C/C=C(C)/C=C/[C@@]12O[C@]1(C)C[C@@H](O)CC2(C)C)=C\C=C\C=C(C)\C=C\C=C(C)\C=C\[C@@]12O[C@]1(C)C[C@@H](O)CC2(C)C.CC1=C(/C=C/C(C)=C/C=C/C(C)=C/C=C/C=C(C)/C=C/C=C(C)/C=C/C2=C(C)C[C@@H](O)CC2(C)C)C(C)(C)C[C@H](O)C1. The molecule has 2 aliphatic heterocycles. The van der Waals surface area contributed by atoms with E-state index in [4.69, 9.17) is 9.47 Å². The summed E-state index contributed by atoms with van der Waals surface area (Å²) in [6, 6.07) is 0. The first-order valence-corrected chi connectivity index (χ1v) is 31.7. The van der Waals surface area contributed by atoms with Gasteiger partial charge in [-0.1, -0.05) is 269 Å². The molecule has 4 N–H and O–H groups in total. The maximum atomic E-state index is 10.3. The van der Waals surface area contributed by atoms with E-state index in [2.05, 4.69) is 309 Å². The highest BCUT2D eigenvalue weighted by Crippen LogP contribution is 2.67. The van der Waals surface area contributed by atoms with Gasteiger partial charge in [0.25, 0.3) is 0 Å². The minimum Gasteiger partial charge on any atom is -0.393 e. The molecule has 0 amide bonds. The zero-order valence-corrected chi connectivity index (χ0v) is 56.7. The summed E-state index contributed by atoms with van der Waals surface area (Å²) in [5.41, 5.74) is 13.4. The first-order chi connectivity index (χ1) is 40.0. The van der Waals surface area contributed by atoms with Crippen molar-refractivity contribution >= 4 is 0 Å². The molecule has 6 heteroatoms. The van der Waals surface area contributed by atoms with Crippen molar-refractivity contribution in [3.8, 4) is 0 Å². The largest absolute Gasteiger partial charge is 0.393 e. The average Bonchev–Trinajstić information content (AvgIpc) is 1.52.